The molecule has 1 aliphatic rings. The Morgan fingerprint density at radius 2 is 1.94 bits per heavy atom. The van der Waals surface area contributed by atoms with E-state index in [2.05, 4.69) is 25.9 Å². The summed E-state index contributed by atoms with van der Waals surface area (Å²) in [6.07, 6.45) is 2.96. The zero-order valence-electron chi connectivity index (χ0n) is 16.9. The van der Waals surface area contributed by atoms with Crippen molar-refractivity contribution >= 4 is 55.8 Å². The van der Waals surface area contributed by atoms with Crippen LogP contribution in [0, 0.1) is 6.92 Å². The van der Waals surface area contributed by atoms with Gasteiger partial charge >= 0.3 is 11.9 Å². The first kappa shape index (κ1) is 21.8. The third-order valence-electron chi connectivity index (χ3n) is 4.92. The number of aliphatic hydroxyl groups is 1. The number of carbonyl (C=O) groups excluding carboxylic acids is 3. The molecule has 3 aromatic rings. The maximum absolute atomic E-state index is 13.1. The molecule has 1 aromatic carbocycles. The van der Waals surface area contributed by atoms with Crippen LogP contribution in [-0.2, 0) is 14.3 Å². The summed E-state index contributed by atoms with van der Waals surface area (Å²) < 4.78 is 5.52. The number of halogens is 1. The van der Waals surface area contributed by atoms with Crippen molar-refractivity contribution in [2.45, 2.75) is 13.0 Å². The van der Waals surface area contributed by atoms with Gasteiger partial charge in [0.15, 0.2) is 5.13 Å². The number of aromatic nitrogens is 2. The third-order valence-corrected chi connectivity index (χ3v) is 6.55. The van der Waals surface area contributed by atoms with Gasteiger partial charge in [-0.2, -0.15) is 0 Å². The summed E-state index contributed by atoms with van der Waals surface area (Å²) in [6, 6.07) is 9.21. The summed E-state index contributed by atoms with van der Waals surface area (Å²) in [4.78, 5) is 48.0. The molecule has 1 N–H and O–H groups in total. The second-order valence-corrected chi connectivity index (χ2v) is 8.76. The van der Waals surface area contributed by atoms with Crippen molar-refractivity contribution in [1.29, 1.82) is 0 Å². The van der Waals surface area contributed by atoms with Crippen LogP contribution in [0.25, 0.3) is 5.76 Å². The number of amides is 1. The number of aliphatic hydroxyl groups excluding tert-OH is 1. The molecule has 1 amide bonds. The van der Waals surface area contributed by atoms with Gasteiger partial charge in [0.1, 0.15) is 10.6 Å². The number of hydrogen-bond donors (Lipinski definition) is 1. The molecule has 0 spiro atoms. The number of pyridine rings is 1. The SMILES string of the molecule is COC(=O)c1sc(N2C(=O)C(=O)/C(=C(/O)c3ccncc3)C2c2cccc(Br)c2)nc1C. The number of ketones is 1. The Morgan fingerprint density at radius 3 is 2.59 bits per heavy atom. The molecule has 3 heterocycles. The van der Waals surface area contributed by atoms with Gasteiger partial charge in [-0.05, 0) is 36.8 Å². The highest BCUT2D eigenvalue weighted by Crippen LogP contribution is 2.44. The van der Waals surface area contributed by atoms with Crippen molar-refractivity contribution in [2.24, 2.45) is 0 Å². The number of thiazole rings is 1. The fraction of sp³-hybridized carbons (Fsp3) is 0.136. The van der Waals surface area contributed by atoms with Crippen molar-refractivity contribution in [2.75, 3.05) is 12.0 Å². The van der Waals surface area contributed by atoms with E-state index in [1.807, 2.05) is 0 Å². The smallest absolute Gasteiger partial charge is 0.350 e. The van der Waals surface area contributed by atoms with Crippen LogP contribution in [0.1, 0.15) is 32.5 Å². The highest BCUT2D eigenvalue weighted by molar-refractivity contribution is 9.10. The Morgan fingerprint density at radius 1 is 1.22 bits per heavy atom. The van der Waals surface area contributed by atoms with Crippen molar-refractivity contribution < 1.29 is 24.2 Å². The number of carbonyl (C=O) groups is 3. The summed E-state index contributed by atoms with van der Waals surface area (Å²) in [6.45, 7) is 1.62. The molecule has 162 valence electrons. The lowest BCUT2D eigenvalue weighted by atomic mass is 9.96. The lowest BCUT2D eigenvalue weighted by Crippen LogP contribution is -2.29. The van der Waals surface area contributed by atoms with Gasteiger partial charge in [0.2, 0.25) is 0 Å². The summed E-state index contributed by atoms with van der Waals surface area (Å²) in [5.41, 5.74) is 1.23. The van der Waals surface area contributed by atoms with E-state index in [9.17, 15) is 19.5 Å². The zero-order valence-corrected chi connectivity index (χ0v) is 19.3. The monoisotopic (exact) mass is 513 g/mol. The van der Waals surface area contributed by atoms with Crippen LogP contribution in [-0.4, -0.2) is 39.8 Å². The molecule has 1 aliphatic heterocycles. The average Bonchev–Trinajstić information content (AvgIpc) is 3.30. The van der Waals surface area contributed by atoms with E-state index in [4.69, 9.17) is 4.74 Å². The number of Topliss-reactive ketones (excluding diaryl/α,β-unsaturated/α-hetero) is 1. The molecule has 0 aliphatic carbocycles. The fourth-order valence-corrected chi connectivity index (χ4v) is 4.88. The number of anilines is 1. The van der Waals surface area contributed by atoms with Gasteiger partial charge in [-0.15, -0.1) is 0 Å². The van der Waals surface area contributed by atoms with E-state index < -0.39 is 23.7 Å². The molecule has 1 atom stereocenters. The molecule has 0 radical (unpaired) electrons. The summed E-state index contributed by atoms with van der Waals surface area (Å²) >= 11 is 4.36. The van der Waals surface area contributed by atoms with Gasteiger partial charge in [0.05, 0.1) is 24.4 Å². The average molecular weight is 514 g/mol. The number of hydrogen-bond acceptors (Lipinski definition) is 8. The van der Waals surface area contributed by atoms with Crippen LogP contribution in [0.5, 0.6) is 0 Å². The van der Waals surface area contributed by atoms with E-state index in [0.29, 0.717) is 16.8 Å². The van der Waals surface area contributed by atoms with Crippen LogP contribution >= 0.6 is 27.3 Å². The molecule has 8 nitrogen and oxygen atoms in total. The summed E-state index contributed by atoms with van der Waals surface area (Å²) in [5.74, 6) is -2.61. The Labute approximate surface area is 195 Å². The predicted molar refractivity (Wildman–Crippen MR) is 121 cm³/mol. The van der Waals surface area contributed by atoms with Crippen LogP contribution in [0.4, 0.5) is 5.13 Å². The Bertz CT molecular complexity index is 1270. The number of rotatable bonds is 4. The molecular weight excluding hydrogens is 498 g/mol. The van der Waals surface area contributed by atoms with Gasteiger partial charge < -0.3 is 9.84 Å². The second-order valence-electron chi connectivity index (χ2n) is 6.86. The summed E-state index contributed by atoms with van der Waals surface area (Å²) in [5, 5.41) is 11.2. The normalized spacial score (nSPS) is 17.6. The Balaban J connectivity index is 1.95. The number of aryl methyl sites for hydroxylation is 1. The third kappa shape index (κ3) is 3.71. The molecule has 32 heavy (non-hydrogen) atoms. The Kier molecular flexibility index (Phi) is 5.90. The standard InChI is InChI=1S/C22H16BrN3O5S/c1-11-19(21(30)31-2)32-22(25-11)26-16(13-4-3-5-14(23)10-13)15(18(28)20(26)29)17(27)12-6-8-24-9-7-12/h3-10,16,27H,1-2H3/b17-15+. The number of benzene rings is 1. The lowest BCUT2D eigenvalue weighted by molar-refractivity contribution is -0.132. The fourth-order valence-electron chi connectivity index (χ4n) is 3.45. The number of esters is 1. The first-order chi connectivity index (χ1) is 15.3. The maximum atomic E-state index is 13.1. The first-order valence-electron chi connectivity index (χ1n) is 9.36. The first-order valence-corrected chi connectivity index (χ1v) is 11.0. The minimum atomic E-state index is -0.947. The van der Waals surface area contributed by atoms with Gasteiger partial charge in [-0.25, -0.2) is 9.78 Å². The molecule has 2 aromatic heterocycles. The van der Waals surface area contributed by atoms with Gasteiger partial charge in [0.25, 0.3) is 5.78 Å². The van der Waals surface area contributed by atoms with E-state index in [-0.39, 0.29) is 21.3 Å². The van der Waals surface area contributed by atoms with Crippen LogP contribution in [0.15, 0.2) is 58.8 Å². The van der Waals surface area contributed by atoms with E-state index in [1.54, 1.807) is 43.3 Å². The van der Waals surface area contributed by atoms with E-state index >= 15 is 0 Å². The van der Waals surface area contributed by atoms with Crippen molar-refractivity contribution in [3.8, 4) is 0 Å². The number of methoxy groups -OCH3 is 1. The molecule has 0 bridgehead atoms. The molecule has 0 saturated carbocycles. The molecule has 4 rings (SSSR count). The minimum Gasteiger partial charge on any atom is -0.507 e. The highest BCUT2D eigenvalue weighted by Gasteiger charge is 2.48. The highest BCUT2D eigenvalue weighted by atomic mass is 79.9. The van der Waals surface area contributed by atoms with Crippen LogP contribution in [0.3, 0.4) is 0 Å². The van der Waals surface area contributed by atoms with Gasteiger partial charge in [0, 0.05) is 22.4 Å². The molecule has 10 heteroatoms. The lowest BCUT2D eigenvalue weighted by Gasteiger charge is -2.23. The van der Waals surface area contributed by atoms with Crippen LogP contribution < -0.4 is 4.90 Å². The number of nitrogens with zero attached hydrogens (tertiary/aromatic N) is 3. The quantitative estimate of drug-likeness (QED) is 0.242. The second kappa shape index (κ2) is 8.64. The predicted octanol–water partition coefficient (Wildman–Crippen LogP) is 4.02. The van der Waals surface area contributed by atoms with E-state index in [0.717, 1.165) is 15.8 Å². The maximum Gasteiger partial charge on any atom is 0.350 e. The Hall–Kier alpha value is -3.37. The van der Waals surface area contributed by atoms with Crippen LogP contribution in [0.2, 0.25) is 0 Å². The van der Waals surface area contributed by atoms with Gasteiger partial charge in [-0.3, -0.25) is 19.5 Å². The zero-order chi connectivity index (χ0) is 23.0. The minimum absolute atomic E-state index is 0.0771. The van der Waals surface area contributed by atoms with E-state index in [1.165, 1.54) is 24.4 Å². The number of ether oxygens (including phenoxy) is 1. The molecule has 1 saturated heterocycles. The molecular formula is C22H16BrN3O5S. The van der Waals surface area contributed by atoms with Crippen molar-refractivity contribution in [3.63, 3.8) is 0 Å². The topological polar surface area (TPSA) is 110 Å². The molecule has 1 fully saturated rings. The van der Waals surface area contributed by atoms with Crippen molar-refractivity contribution in [3.05, 3.63) is 80.5 Å². The molecule has 1 unspecified atom stereocenters. The van der Waals surface area contributed by atoms with Crippen molar-refractivity contribution in [1.82, 2.24) is 9.97 Å². The van der Waals surface area contributed by atoms with Gasteiger partial charge in [-0.1, -0.05) is 39.4 Å². The largest absolute Gasteiger partial charge is 0.507 e. The summed E-state index contributed by atoms with van der Waals surface area (Å²) in [7, 11) is 1.25.